The van der Waals surface area contributed by atoms with Crippen molar-refractivity contribution in [2.24, 2.45) is 0 Å². The highest BCUT2D eigenvalue weighted by molar-refractivity contribution is 5.76. The van der Waals surface area contributed by atoms with Crippen LogP contribution in [0.15, 0.2) is 6.33 Å². The van der Waals surface area contributed by atoms with Gasteiger partial charge in [0.25, 0.3) is 0 Å². The monoisotopic (exact) mass is 194 g/mol. The van der Waals surface area contributed by atoms with Crippen LogP contribution in [0, 0.1) is 0 Å². The Labute approximate surface area is 82.6 Å². The zero-order valence-corrected chi connectivity index (χ0v) is 8.40. The number of carboxylic acid groups (broad SMARTS) is 1. The fourth-order valence-electron chi connectivity index (χ4n) is 2.05. The molecule has 1 aromatic rings. The molecule has 1 heterocycles. The lowest BCUT2D eigenvalue weighted by molar-refractivity contribution is -0.138. The minimum absolute atomic E-state index is 0.360. The molecule has 4 nitrogen and oxygen atoms in total. The van der Waals surface area contributed by atoms with Gasteiger partial charge in [-0.25, -0.2) is 4.98 Å². The molecule has 0 amide bonds. The fraction of sp³-hybridized carbons (Fsp3) is 0.600. The predicted molar refractivity (Wildman–Crippen MR) is 51.3 cm³/mol. The first-order valence-corrected chi connectivity index (χ1v) is 4.89. The lowest BCUT2D eigenvalue weighted by atomic mass is 10.1. The van der Waals surface area contributed by atoms with E-state index in [0.29, 0.717) is 12.5 Å². The molecule has 0 radical (unpaired) electrons. The molecule has 1 aromatic heterocycles. The molecule has 14 heavy (non-hydrogen) atoms. The van der Waals surface area contributed by atoms with Crippen LogP contribution in [0.1, 0.15) is 43.6 Å². The minimum Gasteiger partial charge on any atom is -0.481 e. The minimum atomic E-state index is -0.752. The van der Waals surface area contributed by atoms with Gasteiger partial charge in [0.1, 0.15) is 5.92 Å². The summed E-state index contributed by atoms with van der Waals surface area (Å²) in [5.41, 5.74) is 1.87. The van der Waals surface area contributed by atoms with Crippen LogP contribution in [0.25, 0.3) is 0 Å². The Morgan fingerprint density at radius 1 is 1.71 bits per heavy atom. The van der Waals surface area contributed by atoms with E-state index in [4.69, 9.17) is 5.11 Å². The molecule has 1 aliphatic carbocycles. The van der Waals surface area contributed by atoms with Crippen molar-refractivity contribution >= 4 is 5.97 Å². The molecule has 4 heteroatoms. The van der Waals surface area contributed by atoms with Gasteiger partial charge in [0.05, 0.1) is 12.0 Å². The molecule has 76 valence electrons. The fourth-order valence-corrected chi connectivity index (χ4v) is 2.05. The van der Waals surface area contributed by atoms with E-state index >= 15 is 0 Å². The summed E-state index contributed by atoms with van der Waals surface area (Å²) in [6, 6.07) is 0.360. The number of aromatic nitrogens is 2. The Balaban J connectivity index is 2.39. The van der Waals surface area contributed by atoms with Gasteiger partial charge in [-0.05, 0) is 26.7 Å². The van der Waals surface area contributed by atoms with Crippen molar-refractivity contribution in [3.05, 3.63) is 17.7 Å². The standard InChI is InChI=1S/C10H14N2O2/c1-6(2)12-5-11-9-7(10(13)14)3-4-8(9)12/h5-7H,3-4H2,1-2H3,(H,13,14). The van der Waals surface area contributed by atoms with E-state index in [2.05, 4.69) is 23.4 Å². The maximum atomic E-state index is 10.9. The normalized spacial score (nSPS) is 20.1. The highest BCUT2D eigenvalue weighted by Gasteiger charge is 2.32. The summed E-state index contributed by atoms with van der Waals surface area (Å²) in [5.74, 6) is -1.14. The maximum Gasteiger partial charge on any atom is 0.312 e. The number of hydrogen-bond donors (Lipinski definition) is 1. The molecule has 0 bridgehead atoms. The van der Waals surface area contributed by atoms with Crippen LogP contribution in [-0.2, 0) is 11.2 Å². The summed E-state index contributed by atoms with van der Waals surface area (Å²) < 4.78 is 2.07. The molecular formula is C10H14N2O2. The SMILES string of the molecule is CC(C)n1cnc2c1CCC2C(=O)O. The topological polar surface area (TPSA) is 55.1 Å². The number of carboxylic acids is 1. The van der Waals surface area contributed by atoms with Gasteiger partial charge in [-0.3, -0.25) is 4.79 Å². The van der Waals surface area contributed by atoms with Gasteiger partial charge in [0.15, 0.2) is 0 Å². The predicted octanol–water partition coefficient (Wildman–Crippen LogP) is 1.58. The number of fused-ring (bicyclic) bond motifs is 1. The van der Waals surface area contributed by atoms with E-state index in [9.17, 15) is 4.79 Å². The maximum absolute atomic E-state index is 10.9. The van der Waals surface area contributed by atoms with Crippen molar-refractivity contribution in [1.29, 1.82) is 0 Å². The van der Waals surface area contributed by atoms with E-state index in [0.717, 1.165) is 17.8 Å². The number of imidazole rings is 1. The average molecular weight is 194 g/mol. The summed E-state index contributed by atoms with van der Waals surface area (Å²) in [5, 5.41) is 8.96. The second-order valence-corrected chi connectivity index (χ2v) is 4.01. The second kappa shape index (κ2) is 3.12. The molecule has 2 rings (SSSR count). The summed E-state index contributed by atoms with van der Waals surface area (Å²) in [6.07, 6.45) is 3.29. The third kappa shape index (κ3) is 1.22. The van der Waals surface area contributed by atoms with Crippen LogP contribution in [-0.4, -0.2) is 20.6 Å². The first kappa shape index (κ1) is 9.24. The Morgan fingerprint density at radius 2 is 2.43 bits per heavy atom. The summed E-state index contributed by atoms with van der Waals surface area (Å²) >= 11 is 0. The van der Waals surface area contributed by atoms with E-state index in [1.165, 1.54) is 0 Å². The van der Waals surface area contributed by atoms with Crippen LogP contribution in [0.3, 0.4) is 0 Å². The van der Waals surface area contributed by atoms with Gasteiger partial charge >= 0.3 is 5.97 Å². The van der Waals surface area contributed by atoms with Gasteiger partial charge in [0.2, 0.25) is 0 Å². The van der Waals surface area contributed by atoms with Crippen molar-refractivity contribution in [3.63, 3.8) is 0 Å². The van der Waals surface area contributed by atoms with Crippen LogP contribution < -0.4 is 0 Å². The van der Waals surface area contributed by atoms with E-state index in [1.807, 2.05) is 0 Å². The van der Waals surface area contributed by atoms with Gasteiger partial charge in [-0.2, -0.15) is 0 Å². The lowest BCUT2D eigenvalue weighted by Gasteiger charge is -2.09. The number of rotatable bonds is 2. The number of carbonyl (C=O) groups is 1. The Hall–Kier alpha value is -1.32. The van der Waals surface area contributed by atoms with Crippen LogP contribution in [0.5, 0.6) is 0 Å². The van der Waals surface area contributed by atoms with Gasteiger partial charge in [0, 0.05) is 11.7 Å². The van der Waals surface area contributed by atoms with Gasteiger partial charge < -0.3 is 9.67 Å². The summed E-state index contributed by atoms with van der Waals surface area (Å²) in [7, 11) is 0. The largest absolute Gasteiger partial charge is 0.481 e. The van der Waals surface area contributed by atoms with Crippen molar-refractivity contribution < 1.29 is 9.90 Å². The Bertz CT molecular complexity index is 368. The zero-order valence-electron chi connectivity index (χ0n) is 8.40. The van der Waals surface area contributed by atoms with Crippen LogP contribution in [0.4, 0.5) is 0 Å². The van der Waals surface area contributed by atoms with E-state index in [-0.39, 0.29) is 5.92 Å². The van der Waals surface area contributed by atoms with Gasteiger partial charge in [-0.15, -0.1) is 0 Å². The molecule has 0 saturated heterocycles. The van der Waals surface area contributed by atoms with Crippen LogP contribution in [0.2, 0.25) is 0 Å². The van der Waals surface area contributed by atoms with Crippen LogP contribution >= 0.6 is 0 Å². The summed E-state index contributed by atoms with van der Waals surface area (Å²) in [6.45, 7) is 4.16. The van der Waals surface area contributed by atoms with Gasteiger partial charge in [-0.1, -0.05) is 0 Å². The zero-order chi connectivity index (χ0) is 10.3. The number of aliphatic carboxylic acids is 1. The first-order valence-electron chi connectivity index (χ1n) is 4.89. The Morgan fingerprint density at radius 3 is 3.00 bits per heavy atom. The molecule has 0 saturated carbocycles. The lowest BCUT2D eigenvalue weighted by Crippen LogP contribution is -2.08. The molecule has 0 aromatic carbocycles. The number of nitrogens with zero attached hydrogens (tertiary/aromatic N) is 2. The first-order chi connectivity index (χ1) is 6.61. The highest BCUT2D eigenvalue weighted by atomic mass is 16.4. The second-order valence-electron chi connectivity index (χ2n) is 4.01. The smallest absolute Gasteiger partial charge is 0.312 e. The molecule has 1 aliphatic rings. The van der Waals surface area contributed by atoms with Crippen molar-refractivity contribution in [1.82, 2.24) is 9.55 Å². The molecule has 1 unspecified atom stereocenters. The molecule has 1 atom stereocenters. The molecule has 0 aliphatic heterocycles. The highest BCUT2D eigenvalue weighted by Crippen LogP contribution is 2.33. The van der Waals surface area contributed by atoms with Crippen molar-refractivity contribution in [2.75, 3.05) is 0 Å². The van der Waals surface area contributed by atoms with Crippen molar-refractivity contribution in [2.45, 2.75) is 38.6 Å². The van der Waals surface area contributed by atoms with E-state index in [1.54, 1.807) is 6.33 Å². The molecule has 0 fully saturated rings. The molecular weight excluding hydrogens is 180 g/mol. The van der Waals surface area contributed by atoms with E-state index < -0.39 is 5.97 Å². The third-order valence-corrected chi connectivity index (χ3v) is 2.78. The van der Waals surface area contributed by atoms with Crippen molar-refractivity contribution in [3.8, 4) is 0 Å². The Kier molecular flexibility index (Phi) is 2.06. The quantitative estimate of drug-likeness (QED) is 0.777. The number of hydrogen-bond acceptors (Lipinski definition) is 2. The third-order valence-electron chi connectivity index (χ3n) is 2.78. The molecule has 0 spiro atoms. The summed E-state index contributed by atoms with van der Waals surface area (Å²) in [4.78, 5) is 15.1. The average Bonchev–Trinajstić information content (AvgIpc) is 2.59. The molecule has 1 N–H and O–H groups in total.